The molecule has 1 aliphatic heterocycles. The molecule has 2 N–H and O–H groups in total. The van der Waals surface area contributed by atoms with Gasteiger partial charge < -0.3 is 5.73 Å². The zero-order chi connectivity index (χ0) is 8.01. The van der Waals surface area contributed by atoms with Gasteiger partial charge in [0.2, 0.25) is 0 Å². The van der Waals surface area contributed by atoms with Crippen LogP contribution in [-0.2, 0) is 9.59 Å². The van der Waals surface area contributed by atoms with Crippen LogP contribution in [0.3, 0.4) is 0 Å². The molecule has 4 heteroatoms. The highest BCUT2D eigenvalue weighted by molar-refractivity contribution is 6.13. The van der Waals surface area contributed by atoms with E-state index in [1.54, 1.807) is 0 Å². The lowest BCUT2D eigenvalue weighted by atomic mass is 10.5. The van der Waals surface area contributed by atoms with Gasteiger partial charge in [0.15, 0.2) is 0 Å². The van der Waals surface area contributed by atoms with Crippen molar-refractivity contribution in [2.75, 3.05) is 0 Å². The fraction of sp³-hybridized carbons (Fsp3) is 0.429. The minimum Gasteiger partial charge on any atom is -0.326 e. The summed E-state index contributed by atoms with van der Waals surface area (Å²) in [6, 6.07) is -0.0344. The van der Waals surface area contributed by atoms with Gasteiger partial charge in [0.1, 0.15) is 0 Å². The maximum atomic E-state index is 11.0. The Morgan fingerprint density at radius 3 is 2.18 bits per heavy atom. The molecule has 1 saturated carbocycles. The molecule has 0 spiro atoms. The summed E-state index contributed by atoms with van der Waals surface area (Å²) in [6.45, 7) is 0. The molecule has 2 amide bonds. The summed E-state index contributed by atoms with van der Waals surface area (Å²) in [4.78, 5) is 23.2. The Morgan fingerprint density at radius 1 is 1.36 bits per heavy atom. The Bertz CT molecular complexity index is 241. The SMILES string of the molecule is NC1CC1N1C(=O)C=CC1=O. The first-order valence-electron chi connectivity index (χ1n) is 3.51. The molecule has 0 saturated heterocycles. The topological polar surface area (TPSA) is 63.4 Å². The van der Waals surface area contributed by atoms with Crippen molar-refractivity contribution in [3.05, 3.63) is 12.2 Å². The summed E-state index contributed by atoms with van der Waals surface area (Å²) in [7, 11) is 0. The van der Waals surface area contributed by atoms with E-state index in [0.717, 1.165) is 6.42 Å². The average Bonchev–Trinajstić information content (AvgIpc) is 2.54. The van der Waals surface area contributed by atoms with Gasteiger partial charge in [0, 0.05) is 18.2 Å². The third-order valence-electron chi connectivity index (χ3n) is 1.98. The molecule has 1 fully saturated rings. The smallest absolute Gasteiger partial charge is 0.253 e. The number of carbonyl (C=O) groups is 2. The van der Waals surface area contributed by atoms with Crippen molar-refractivity contribution in [3.8, 4) is 0 Å². The number of hydrogen-bond acceptors (Lipinski definition) is 3. The molecule has 0 radical (unpaired) electrons. The second-order valence-corrected chi connectivity index (χ2v) is 2.85. The maximum Gasteiger partial charge on any atom is 0.253 e. The predicted octanol–water partition coefficient (Wildman–Crippen LogP) is -0.989. The van der Waals surface area contributed by atoms with E-state index in [4.69, 9.17) is 5.73 Å². The lowest BCUT2D eigenvalue weighted by Gasteiger charge is -2.11. The summed E-state index contributed by atoms with van der Waals surface area (Å²) in [5.74, 6) is -0.457. The molecule has 0 bridgehead atoms. The van der Waals surface area contributed by atoms with Crippen LogP contribution in [0.2, 0.25) is 0 Å². The van der Waals surface area contributed by atoms with Crippen LogP contribution < -0.4 is 5.73 Å². The van der Waals surface area contributed by atoms with Gasteiger partial charge in [0.25, 0.3) is 11.8 Å². The van der Waals surface area contributed by atoms with Crippen molar-refractivity contribution in [2.45, 2.75) is 18.5 Å². The molecular weight excluding hydrogens is 144 g/mol. The number of carbonyl (C=O) groups excluding carboxylic acids is 2. The zero-order valence-electron chi connectivity index (χ0n) is 5.86. The lowest BCUT2D eigenvalue weighted by molar-refractivity contribution is -0.137. The number of hydrogen-bond donors (Lipinski definition) is 1. The van der Waals surface area contributed by atoms with Crippen LogP contribution in [0.4, 0.5) is 0 Å². The van der Waals surface area contributed by atoms with E-state index in [-0.39, 0.29) is 23.9 Å². The molecular formula is C7H8N2O2. The largest absolute Gasteiger partial charge is 0.326 e. The molecule has 4 nitrogen and oxygen atoms in total. The Hall–Kier alpha value is -1.16. The number of rotatable bonds is 1. The minimum absolute atomic E-state index is 0.00259. The highest BCUT2D eigenvalue weighted by atomic mass is 16.2. The summed E-state index contributed by atoms with van der Waals surface area (Å²) in [6.07, 6.45) is 3.32. The van der Waals surface area contributed by atoms with E-state index in [0.29, 0.717) is 0 Å². The third kappa shape index (κ3) is 0.867. The first-order chi connectivity index (χ1) is 5.20. The highest BCUT2D eigenvalue weighted by Gasteiger charge is 2.44. The Labute approximate surface area is 63.7 Å². The lowest BCUT2D eigenvalue weighted by Crippen LogP contribution is -2.35. The van der Waals surface area contributed by atoms with E-state index >= 15 is 0 Å². The molecule has 2 aliphatic rings. The van der Waals surface area contributed by atoms with E-state index < -0.39 is 0 Å². The number of imide groups is 1. The van der Waals surface area contributed by atoms with Crippen molar-refractivity contribution in [1.82, 2.24) is 4.90 Å². The molecule has 2 unspecified atom stereocenters. The fourth-order valence-corrected chi connectivity index (χ4v) is 1.24. The van der Waals surface area contributed by atoms with Gasteiger partial charge >= 0.3 is 0 Å². The Morgan fingerprint density at radius 2 is 1.82 bits per heavy atom. The van der Waals surface area contributed by atoms with Gasteiger partial charge in [-0.25, -0.2) is 0 Å². The molecule has 58 valence electrons. The van der Waals surface area contributed by atoms with E-state index in [1.807, 2.05) is 0 Å². The highest BCUT2D eigenvalue weighted by Crippen LogP contribution is 2.27. The molecule has 2 atom stereocenters. The van der Waals surface area contributed by atoms with Crippen molar-refractivity contribution >= 4 is 11.8 Å². The predicted molar refractivity (Wildman–Crippen MR) is 37.4 cm³/mol. The van der Waals surface area contributed by atoms with Gasteiger partial charge in [-0.15, -0.1) is 0 Å². The fourth-order valence-electron chi connectivity index (χ4n) is 1.24. The molecule has 0 aromatic carbocycles. The summed E-state index contributed by atoms with van der Waals surface area (Å²) in [5, 5.41) is 0. The summed E-state index contributed by atoms with van der Waals surface area (Å²) < 4.78 is 0. The molecule has 0 aromatic heterocycles. The Kier molecular flexibility index (Phi) is 1.14. The molecule has 11 heavy (non-hydrogen) atoms. The van der Waals surface area contributed by atoms with E-state index in [9.17, 15) is 9.59 Å². The van der Waals surface area contributed by atoms with Crippen LogP contribution in [0, 0.1) is 0 Å². The second kappa shape index (κ2) is 1.92. The molecule has 0 aromatic rings. The number of nitrogens with zero attached hydrogens (tertiary/aromatic N) is 1. The van der Waals surface area contributed by atoms with Crippen molar-refractivity contribution in [1.29, 1.82) is 0 Å². The van der Waals surface area contributed by atoms with Gasteiger partial charge in [-0.05, 0) is 6.42 Å². The first-order valence-corrected chi connectivity index (χ1v) is 3.51. The zero-order valence-corrected chi connectivity index (χ0v) is 5.86. The van der Waals surface area contributed by atoms with Crippen molar-refractivity contribution in [3.63, 3.8) is 0 Å². The molecule has 1 heterocycles. The molecule has 2 rings (SSSR count). The monoisotopic (exact) mass is 152 g/mol. The van der Waals surface area contributed by atoms with Crippen LogP contribution in [-0.4, -0.2) is 28.8 Å². The van der Waals surface area contributed by atoms with E-state index in [1.165, 1.54) is 17.1 Å². The first kappa shape index (κ1) is 6.54. The number of amides is 2. The summed E-state index contributed by atoms with van der Waals surface area (Å²) in [5.41, 5.74) is 5.50. The second-order valence-electron chi connectivity index (χ2n) is 2.85. The van der Waals surface area contributed by atoms with Crippen molar-refractivity contribution < 1.29 is 9.59 Å². The van der Waals surface area contributed by atoms with Gasteiger partial charge in [-0.2, -0.15) is 0 Å². The minimum atomic E-state index is -0.229. The standard InChI is InChI=1S/C7H8N2O2/c8-4-3-5(4)9-6(10)1-2-7(9)11/h1-2,4-5H,3,8H2. The quantitative estimate of drug-likeness (QED) is 0.491. The normalized spacial score (nSPS) is 35.2. The molecule has 1 aliphatic carbocycles. The van der Waals surface area contributed by atoms with Crippen LogP contribution in [0.25, 0.3) is 0 Å². The van der Waals surface area contributed by atoms with Gasteiger partial charge in [-0.1, -0.05) is 0 Å². The maximum absolute atomic E-state index is 11.0. The van der Waals surface area contributed by atoms with Crippen LogP contribution in [0.1, 0.15) is 6.42 Å². The van der Waals surface area contributed by atoms with Gasteiger partial charge in [-0.3, -0.25) is 14.5 Å². The Balaban J connectivity index is 2.15. The van der Waals surface area contributed by atoms with Crippen LogP contribution >= 0.6 is 0 Å². The number of nitrogens with two attached hydrogens (primary N) is 1. The van der Waals surface area contributed by atoms with Crippen molar-refractivity contribution in [2.24, 2.45) is 5.73 Å². The third-order valence-corrected chi connectivity index (χ3v) is 1.98. The summed E-state index contributed by atoms with van der Waals surface area (Å²) >= 11 is 0. The van der Waals surface area contributed by atoms with Gasteiger partial charge in [0.05, 0.1) is 6.04 Å². The average molecular weight is 152 g/mol. The van der Waals surface area contributed by atoms with Crippen LogP contribution in [0.5, 0.6) is 0 Å². The van der Waals surface area contributed by atoms with E-state index in [2.05, 4.69) is 0 Å². The van der Waals surface area contributed by atoms with Crippen LogP contribution in [0.15, 0.2) is 12.2 Å².